The van der Waals surface area contributed by atoms with Crippen LogP contribution in [0.3, 0.4) is 0 Å². The number of aromatic amines is 1. The molecule has 1 amide bonds. The highest BCUT2D eigenvalue weighted by Gasteiger charge is 2.15. The lowest BCUT2D eigenvalue weighted by molar-refractivity contribution is 0.0950. The van der Waals surface area contributed by atoms with Crippen LogP contribution in [-0.4, -0.2) is 56.1 Å². The molecule has 3 aromatic heterocycles. The Balaban J connectivity index is 1.26. The van der Waals surface area contributed by atoms with Crippen LogP contribution >= 0.6 is 0 Å². The summed E-state index contributed by atoms with van der Waals surface area (Å²) in [5, 5.41) is 14.4. The van der Waals surface area contributed by atoms with E-state index < -0.39 is 0 Å². The van der Waals surface area contributed by atoms with Gasteiger partial charge in [0.05, 0.1) is 18.2 Å². The van der Waals surface area contributed by atoms with E-state index in [1.165, 1.54) is 6.42 Å². The minimum atomic E-state index is -0.0507. The molecule has 0 unspecified atom stereocenters. The van der Waals surface area contributed by atoms with Gasteiger partial charge >= 0.3 is 0 Å². The minimum absolute atomic E-state index is 0.0507. The highest BCUT2D eigenvalue weighted by atomic mass is 16.1. The fourth-order valence-electron chi connectivity index (χ4n) is 3.95. The molecule has 1 aromatic carbocycles. The Hall–Kier alpha value is -3.72. The Morgan fingerprint density at radius 1 is 1.16 bits per heavy atom. The highest BCUT2D eigenvalue weighted by Crippen LogP contribution is 2.21. The van der Waals surface area contributed by atoms with E-state index in [-0.39, 0.29) is 5.91 Å². The molecule has 0 saturated carbocycles. The molecule has 9 nitrogen and oxygen atoms in total. The van der Waals surface area contributed by atoms with Crippen molar-refractivity contribution in [1.29, 1.82) is 0 Å². The van der Waals surface area contributed by atoms with E-state index in [2.05, 4.69) is 30.9 Å². The Kier molecular flexibility index (Phi) is 5.80. The number of nitrogens with zero attached hydrogens (tertiary/aromatic N) is 4. The van der Waals surface area contributed by atoms with Crippen LogP contribution in [0.2, 0.25) is 0 Å². The molecule has 164 valence electrons. The maximum absolute atomic E-state index is 12.5. The summed E-state index contributed by atoms with van der Waals surface area (Å²) in [6.07, 6.45) is 8.42. The van der Waals surface area contributed by atoms with E-state index in [0.717, 1.165) is 54.3 Å². The average molecular weight is 431 g/mol. The van der Waals surface area contributed by atoms with Crippen molar-refractivity contribution in [2.24, 2.45) is 0 Å². The van der Waals surface area contributed by atoms with Crippen molar-refractivity contribution in [3.05, 3.63) is 66.4 Å². The number of aromatic nitrogens is 5. The van der Waals surface area contributed by atoms with Gasteiger partial charge in [0.1, 0.15) is 5.82 Å². The summed E-state index contributed by atoms with van der Waals surface area (Å²) >= 11 is 0. The number of fused-ring (bicyclic) bond motifs is 1. The van der Waals surface area contributed by atoms with Gasteiger partial charge in [0.25, 0.3) is 5.91 Å². The van der Waals surface area contributed by atoms with Crippen molar-refractivity contribution in [3.8, 4) is 11.3 Å². The molecule has 4 heterocycles. The summed E-state index contributed by atoms with van der Waals surface area (Å²) in [4.78, 5) is 24.0. The van der Waals surface area contributed by atoms with Crippen LogP contribution in [0.15, 0.2) is 55.1 Å². The molecule has 4 N–H and O–H groups in total. The topological polar surface area (TPSA) is 112 Å². The molecule has 1 aliphatic heterocycles. The maximum Gasteiger partial charge on any atom is 0.251 e. The van der Waals surface area contributed by atoms with Crippen LogP contribution in [0.1, 0.15) is 28.9 Å². The lowest BCUT2D eigenvalue weighted by Gasteiger charge is -2.11. The Morgan fingerprint density at radius 2 is 2.06 bits per heavy atom. The largest absolute Gasteiger partial charge is 0.368 e. The predicted octanol–water partition coefficient (Wildman–Crippen LogP) is 2.26. The molecule has 0 bridgehead atoms. The number of hydrogen-bond acceptors (Lipinski definition) is 6. The summed E-state index contributed by atoms with van der Waals surface area (Å²) in [6, 6.07) is 11.8. The van der Waals surface area contributed by atoms with Gasteiger partial charge in [-0.05, 0) is 43.7 Å². The van der Waals surface area contributed by atoms with Gasteiger partial charge in [0, 0.05) is 48.6 Å². The van der Waals surface area contributed by atoms with Crippen LogP contribution in [0.4, 0.5) is 5.82 Å². The fraction of sp³-hybridized carbons (Fsp3) is 0.304. The van der Waals surface area contributed by atoms with Gasteiger partial charge in [0.2, 0.25) is 0 Å². The average Bonchev–Trinajstić information content (AvgIpc) is 3.59. The number of amides is 1. The Morgan fingerprint density at radius 3 is 2.84 bits per heavy atom. The molecule has 1 saturated heterocycles. The fourth-order valence-corrected chi connectivity index (χ4v) is 3.95. The Labute approximate surface area is 185 Å². The predicted molar refractivity (Wildman–Crippen MR) is 123 cm³/mol. The standard InChI is InChI=1S/C23H26N8O/c32-23(28-13-18-2-1-10-25-18)17-5-3-16(4-6-17)20-14-27-22-8-7-21(30-31(20)22)26-11-9-19-12-24-15-29-19/h3-8,12,14-15,18,25H,1-2,9-11,13H2,(H,24,29)(H,26,30)(H,28,32)/t18-/m0/s1. The zero-order valence-electron chi connectivity index (χ0n) is 17.7. The summed E-state index contributed by atoms with van der Waals surface area (Å²) in [5.41, 5.74) is 4.32. The third-order valence-corrected chi connectivity index (χ3v) is 5.73. The molecular formula is C23H26N8O. The van der Waals surface area contributed by atoms with Crippen LogP contribution in [0.5, 0.6) is 0 Å². The van der Waals surface area contributed by atoms with Crippen LogP contribution in [0, 0.1) is 0 Å². The quantitative estimate of drug-likeness (QED) is 0.341. The first-order valence-electron chi connectivity index (χ1n) is 10.9. The number of H-pyrrole nitrogens is 1. The van der Waals surface area contributed by atoms with Crippen molar-refractivity contribution in [1.82, 2.24) is 35.2 Å². The van der Waals surface area contributed by atoms with E-state index in [1.54, 1.807) is 12.5 Å². The van der Waals surface area contributed by atoms with E-state index in [0.29, 0.717) is 18.2 Å². The van der Waals surface area contributed by atoms with E-state index >= 15 is 0 Å². The molecule has 1 atom stereocenters. The van der Waals surface area contributed by atoms with Gasteiger partial charge in [-0.2, -0.15) is 0 Å². The zero-order chi connectivity index (χ0) is 21.8. The third kappa shape index (κ3) is 4.47. The first-order chi connectivity index (χ1) is 15.8. The molecule has 9 heteroatoms. The molecule has 0 spiro atoms. The lowest BCUT2D eigenvalue weighted by atomic mass is 10.1. The SMILES string of the molecule is O=C(NC[C@@H]1CCCN1)c1ccc(-c2cnc3ccc(NCCc4cnc[nH]4)nn23)cc1. The van der Waals surface area contributed by atoms with Crippen molar-refractivity contribution in [2.45, 2.75) is 25.3 Å². The second kappa shape index (κ2) is 9.19. The van der Waals surface area contributed by atoms with Gasteiger partial charge < -0.3 is 20.9 Å². The maximum atomic E-state index is 12.5. The smallest absolute Gasteiger partial charge is 0.251 e. The van der Waals surface area contributed by atoms with Crippen LogP contribution < -0.4 is 16.0 Å². The summed E-state index contributed by atoms with van der Waals surface area (Å²) in [6.45, 7) is 2.43. The van der Waals surface area contributed by atoms with Crippen molar-refractivity contribution in [2.75, 3.05) is 25.0 Å². The third-order valence-electron chi connectivity index (χ3n) is 5.73. The highest BCUT2D eigenvalue weighted by molar-refractivity contribution is 5.94. The monoisotopic (exact) mass is 430 g/mol. The van der Waals surface area contributed by atoms with Crippen LogP contribution in [-0.2, 0) is 6.42 Å². The molecule has 0 aliphatic carbocycles. The van der Waals surface area contributed by atoms with Gasteiger partial charge in [-0.25, -0.2) is 14.5 Å². The summed E-state index contributed by atoms with van der Waals surface area (Å²) in [5.74, 6) is 0.720. The number of carbonyl (C=O) groups is 1. The minimum Gasteiger partial charge on any atom is -0.368 e. The van der Waals surface area contributed by atoms with Gasteiger partial charge in [-0.3, -0.25) is 4.79 Å². The van der Waals surface area contributed by atoms with Crippen molar-refractivity contribution in [3.63, 3.8) is 0 Å². The van der Waals surface area contributed by atoms with Gasteiger partial charge in [0.15, 0.2) is 5.65 Å². The number of benzene rings is 1. The molecule has 0 radical (unpaired) electrons. The van der Waals surface area contributed by atoms with Crippen molar-refractivity contribution < 1.29 is 4.79 Å². The first kappa shape index (κ1) is 20.2. The number of anilines is 1. The summed E-state index contributed by atoms with van der Waals surface area (Å²) in [7, 11) is 0. The van der Waals surface area contributed by atoms with Gasteiger partial charge in [-0.15, -0.1) is 5.10 Å². The van der Waals surface area contributed by atoms with E-state index in [4.69, 9.17) is 5.10 Å². The second-order valence-corrected chi connectivity index (χ2v) is 7.97. The number of nitrogens with one attached hydrogen (secondary N) is 4. The number of hydrogen-bond donors (Lipinski definition) is 4. The molecular weight excluding hydrogens is 404 g/mol. The van der Waals surface area contributed by atoms with E-state index in [9.17, 15) is 4.79 Å². The molecule has 32 heavy (non-hydrogen) atoms. The summed E-state index contributed by atoms with van der Waals surface area (Å²) < 4.78 is 1.82. The van der Waals surface area contributed by atoms with E-state index in [1.807, 2.05) is 47.1 Å². The number of carbonyl (C=O) groups excluding carboxylic acids is 1. The number of imidazole rings is 2. The molecule has 1 fully saturated rings. The molecule has 1 aliphatic rings. The lowest BCUT2D eigenvalue weighted by Crippen LogP contribution is -2.37. The number of rotatable bonds is 8. The zero-order valence-corrected chi connectivity index (χ0v) is 17.7. The second-order valence-electron chi connectivity index (χ2n) is 7.97. The molecule has 4 aromatic rings. The van der Waals surface area contributed by atoms with Crippen molar-refractivity contribution >= 4 is 17.4 Å². The Bertz CT molecular complexity index is 1180. The first-order valence-corrected chi connectivity index (χ1v) is 10.9. The normalized spacial score (nSPS) is 15.8. The van der Waals surface area contributed by atoms with Crippen LogP contribution in [0.25, 0.3) is 16.9 Å². The van der Waals surface area contributed by atoms with Gasteiger partial charge in [-0.1, -0.05) is 12.1 Å². The molecule has 5 rings (SSSR count).